The highest BCUT2D eigenvalue weighted by Gasteiger charge is 2.34. The maximum Gasteiger partial charge on any atom is 0.318 e. The van der Waals surface area contributed by atoms with Gasteiger partial charge in [0.25, 0.3) is 0 Å². The highest BCUT2D eigenvalue weighted by molar-refractivity contribution is 6.30. The monoisotopic (exact) mass is 364 g/mol. The van der Waals surface area contributed by atoms with Gasteiger partial charge < -0.3 is 19.5 Å². The largest absolute Gasteiger partial charge is 0.385 e. The average molecular weight is 365 g/mol. The van der Waals surface area contributed by atoms with Gasteiger partial charge in [0.15, 0.2) is 0 Å². The van der Waals surface area contributed by atoms with Crippen molar-refractivity contribution in [2.24, 2.45) is 0 Å². The van der Waals surface area contributed by atoms with Crippen LogP contribution in [0.3, 0.4) is 0 Å². The number of aromatic nitrogens is 2. The van der Waals surface area contributed by atoms with Crippen molar-refractivity contribution in [2.45, 2.75) is 25.3 Å². The van der Waals surface area contributed by atoms with Crippen LogP contribution in [0.1, 0.15) is 31.2 Å². The Balaban J connectivity index is 1.67. The third-order valence-corrected chi connectivity index (χ3v) is 4.36. The molecule has 0 unspecified atom stereocenters. The first-order valence-electron chi connectivity index (χ1n) is 8.32. The van der Waals surface area contributed by atoms with Gasteiger partial charge >= 0.3 is 6.03 Å². The van der Waals surface area contributed by atoms with E-state index in [9.17, 15) is 4.79 Å². The second-order valence-corrected chi connectivity index (χ2v) is 6.33. The number of urea groups is 1. The first kappa shape index (κ1) is 17.7. The number of methoxy groups -OCH3 is 1. The standard InChI is InChI=1S/C17H21ClN4O3/c1-24-10-4-8-19-17(23)22-9-3-7-14(22)16-20-15(21-25-16)12-5-2-6-13(18)11-12/h2,5-6,11,14H,3-4,7-10H2,1H3,(H,19,23)/t14-/m0/s1. The Morgan fingerprint density at radius 3 is 3.20 bits per heavy atom. The van der Waals surface area contributed by atoms with Crippen LogP contribution in [0.5, 0.6) is 0 Å². The van der Waals surface area contributed by atoms with E-state index < -0.39 is 0 Å². The van der Waals surface area contributed by atoms with Crippen molar-refractivity contribution >= 4 is 17.6 Å². The Morgan fingerprint density at radius 1 is 1.52 bits per heavy atom. The number of likely N-dealkylation sites (tertiary alicyclic amines) is 1. The molecule has 0 aliphatic carbocycles. The maximum absolute atomic E-state index is 12.4. The van der Waals surface area contributed by atoms with E-state index in [4.69, 9.17) is 20.9 Å². The lowest BCUT2D eigenvalue weighted by atomic mass is 10.2. The molecule has 1 aromatic heterocycles. The van der Waals surface area contributed by atoms with Crippen LogP contribution in [0.2, 0.25) is 5.02 Å². The Hall–Kier alpha value is -2.12. The molecule has 134 valence electrons. The van der Waals surface area contributed by atoms with Gasteiger partial charge in [-0.3, -0.25) is 0 Å². The van der Waals surface area contributed by atoms with E-state index >= 15 is 0 Å². The molecular formula is C17H21ClN4O3. The number of carbonyl (C=O) groups is 1. The molecule has 2 heterocycles. The van der Waals surface area contributed by atoms with Gasteiger partial charge in [-0.15, -0.1) is 0 Å². The number of hydrogen-bond acceptors (Lipinski definition) is 5. The summed E-state index contributed by atoms with van der Waals surface area (Å²) in [7, 11) is 1.64. The van der Waals surface area contributed by atoms with Crippen LogP contribution in [0.15, 0.2) is 28.8 Å². The molecule has 1 aliphatic rings. The van der Waals surface area contributed by atoms with E-state index in [1.165, 1.54) is 0 Å². The van der Waals surface area contributed by atoms with Crippen molar-refractivity contribution in [1.82, 2.24) is 20.4 Å². The Morgan fingerprint density at radius 2 is 2.40 bits per heavy atom. The molecule has 2 amide bonds. The molecule has 1 atom stereocenters. The third kappa shape index (κ3) is 4.29. The molecule has 1 saturated heterocycles. The number of hydrogen-bond donors (Lipinski definition) is 1. The summed E-state index contributed by atoms with van der Waals surface area (Å²) >= 11 is 6.01. The van der Waals surface area contributed by atoms with Gasteiger partial charge in [-0.2, -0.15) is 4.98 Å². The molecule has 1 aromatic carbocycles. The lowest BCUT2D eigenvalue weighted by Crippen LogP contribution is -2.40. The van der Waals surface area contributed by atoms with Crippen molar-refractivity contribution in [3.63, 3.8) is 0 Å². The van der Waals surface area contributed by atoms with Gasteiger partial charge in [0.1, 0.15) is 6.04 Å². The average Bonchev–Trinajstić information content (AvgIpc) is 3.27. The van der Waals surface area contributed by atoms with E-state index in [2.05, 4.69) is 15.5 Å². The summed E-state index contributed by atoms with van der Waals surface area (Å²) in [5.41, 5.74) is 0.788. The maximum atomic E-state index is 12.4. The zero-order valence-electron chi connectivity index (χ0n) is 14.1. The summed E-state index contributed by atoms with van der Waals surface area (Å²) in [6.07, 6.45) is 2.49. The second kappa shape index (κ2) is 8.31. The van der Waals surface area contributed by atoms with Crippen LogP contribution in [0.25, 0.3) is 11.4 Å². The van der Waals surface area contributed by atoms with E-state index in [0.29, 0.717) is 36.4 Å². The minimum Gasteiger partial charge on any atom is -0.385 e. The predicted molar refractivity (Wildman–Crippen MR) is 93.3 cm³/mol. The molecule has 0 saturated carbocycles. The first-order chi connectivity index (χ1) is 12.2. The van der Waals surface area contributed by atoms with Gasteiger partial charge in [-0.1, -0.05) is 28.9 Å². The van der Waals surface area contributed by atoms with E-state index in [1.54, 1.807) is 24.1 Å². The Kier molecular flexibility index (Phi) is 5.88. The fraction of sp³-hybridized carbons (Fsp3) is 0.471. The summed E-state index contributed by atoms with van der Waals surface area (Å²) < 4.78 is 10.4. The van der Waals surface area contributed by atoms with Gasteiger partial charge in [-0.25, -0.2) is 4.79 Å². The van der Waals surface area contributed by atoms with Gasteiger partial charge in [0.05, 0.1) is 0 Å². The third-order valence-electron chi connectivity index (χ3n) is 4.12. The first-order valence-corrected chi connectivity index (χ1v) is 8.70. The summed E-state index contributed by atoms with van der Waals surface area (Å²) in [5.74, 6) is 0.935. The van der Waals surface area contributed by atoms with Crippen molar-refractivity contribution in [1.29, 1.82) is 0 Å². The Labute approximate surface area is 151 Å². The SMILES string of the molecule is COCCCNC(=O)N1CCC[C@H]1c1nc(-c2cccc(Cl)c2)no1. The van der Waals surface area contributed by atoms with E-state index in [-0.39, 0.29) is 12.1 Å². The van der Waals surface area contributed by atoms with Crippen LogP contribution in [-0.2, 0) is 4.74 Å². The number of rotatable bonds is 6. The van der Waals surface area contributed by atoms with Crippen LogP contribution in [-0.4, -0.2) is 47.9 Å². The quantitative estimate of drug-likeness (QED) is 0.795. The summed E-state index contributed by atoms with van der Waals surface area (Å²) in [4.78, 5) is 18.6. The minimum atomic E-state index is -0.192. The number of nitrogens with zero attached hydrogens (tertiary/aromatic N) is 3. The molecule has 1 fully saturated rings. The fourth-order valence-electron chi connectivity index (χ4n) is 2.90. The highest BCUT2D eigenvalue weighted by Crippen LogP contribution is 2.32. The lowest BCUT2D eigenvalue weighted by molar-refractivity contribution is 0.174. The van der Waals surface area contributed by atoms with Gasteiger partial charge in [0, 0.05) is 37.4 Å². The minimum absolute atomic E-state index is 0.110. The van der Waals surface area contributed by atoms with Crippen molar-refractivity contribution < 1.29 is 14.1 Å². The molecule has 0 radical (unpaired) electrons. The molecule has 2 aromatic rings. The number of amides is 2. The molecular weight excluding hydrogens is 344 g/mol. The van der Waals surface area contributed by atoms with Gasteiger partial charge in [-0.05, 0) is 31.4 Å². The number of benzene rings is 1. The highest BCUT2D eigenvalue weighted by atomic mass is 35.5. The summed E-state index contributed by atoms with van der Waals surface area (Å²) in [6.45, 7) is 1.87. The zero-order chi connectivity index (χ0) is 17.6. The molecule has 8 heteroatoms. The predicted octanol–water partition coefficient (Wildman–Crippen LogP) is 3.27. The smallest absolute Gasteiger partial charge is 0.318 e. The Bertz CT molecular complexity index is 721. The topological polar surface area (TPSA) is 80.5 Å². The second-order valence-electron chi connectivity index (χ2n) is 5.90. The molecule has 1 aliphatic heterocycles. The van der Waals surface area contributed by atoms with E-state index in [0.717, 1.165) is 24.8 Å². The van der Waals surface area contributed by atoms with Crippen molar-refractivity contribution in [2.75, 3.05) is 26.8 Å². The molecule has 0 spiro atoms. The van der Waals surface area contributed by atoms with Crippen LogP contribution >= 0.6 is 11.6 Å². The van der Waals surface area contributed by atoms with Gasteiger partial charge in [0.2, 0.25) is 11.7 Å². The number of nitrogens with one attached hydrogen (secondary N) is 1. The molecule has 1 N–H and O–H groups in total. The summed E-state index contributed by atoms with van der Waals surface area (Å²) in [6, 6.07) is 6.98. The number of halogens is 1. The normalized spacial score (nSPS) is 17.0. The zero-order valence-corrected chi connectivity index (χ0v) is 14.8. The van der Waals surface area contributed by atoms with Crippen LogP contribution in [0, 0.1) is 0 Å². The van der Waals surface area contributed by atoms with Crippen molar-refractivity contribution in [3.8, 4) is 11.4 Å². The van der Waals surface area contributed by atoms with Crippen LogP contribution in [0.4, 0.5) is 4.79 Å². The lowest BCUT2D eigenvalue weighted by Gasteiger charge is -2.22. The fourth-order valence-corrected chi connectivity index (χ4v) is 3.09. The van der Waals surface area contributed by atoms with Crippen LogP contribution < -0.4 is 5.32 Å². The van der Waals surface area contributed by atoms with Crippen molar-refractivity contribution in [3.05, 3.63) is 35.2 Å². The van der Waals surface area contributed by atoms with E-state index in [1.807, 2.05) is 12.1 Å². The molecule has 25 heavy (non-hydrogen) atoms. The number of carbonyl (C=O) groups excluding carboxylic acids is 1. The molecule has 0 bridgehead atoms. The summed E-state index contributed by atoms with van der Waals surface area (Å²) in [5, 5.41) is 7.55. The number of ether oxygens (including phenoxy) is 1. The molecule has 3 rings (SSSR count). The molecule has 7 nitrogen and oxygen atoms in total.